The molecule has 0 unspecified atom stereocenters. The molecule has 0 aromatic heterocycles. The molecule has 0 saturated carbocycles. The summed E-state index contributed by atoms with van der Waals surface area (Å²) in [5, 5.41) is 0.612. The van der Waals surface area contributed by atoms with Crippen LogP contribution in [0, 0.1) is 12.7 Å². The van der Waals surface area contributed by atoms with Crippen molar-refractivity contribution in [1.29, 1.82) is 0 Å². The molecule has 2 nitrogen and oxygen atoms in total. The van der Waals surface area contributed by atoms with Crippen LogP contribution in [0.1, 0.15) is 11.1 Å². The van der Waals surface area contributed by atoms with Gasteiger partial charge < -0.3 is 10.5 Å². The molecular weight excluding hydrogens is 265 g/mol. The van der Waals surface area contributed by atoms with E-state index in [2.05, 4.69) is 0 Å². The Kier molecular flexibility index (Phi) is 4.40. The zero-order valence-corrected chi connectivity index (χ0v) is 11.4. The summed E-state index contributed by atoms with van der Waals surface area (Å²) in [6.07, 6.45) is 0.628. The van der Waals surface area contributed by atoms with Gasteiger partial charge in [-0.1, -0.05) is 17.7 Å². The monoisotopic (exact) mass is 279 g/mol. The van der Waals surface area contributed by atoms with Crippen LogP contribution >= 0.6 is 11.6 Å². The predicted octanol–water partition coefficient (Wildman–Crippen LogP) is 4.08. The van der Waals surface area contributed by atoms with Gasteiger partial charge in [0.2, 0.25) is 0 Å². The number of rotatable bonds is 4. The summed E-state index contributed by atoms with van der Waals surface area (Å²) in [4.78, 5) is 0. The topological polar surface area (TPSA) is 35.2 Å². The van der Waals surface area contributed by atoms with Crippen LogP contribution in [-0.2, 0) is 6.42 Å². The third kappa shape index (κ3) is 3.46. The van der Waals surface area contributed by atoms with Gasteiger partial charge in [0, 0.05) is 5.02 Å². The molecule has 19 heavy (non-hydrogen) atoms. The molecule has 2 rings (SSSR count). The Labute approximate surface area is 117 Å². The molecule has 0 aliphatic heterocycles. The summed E-state index contributed by atoms with van der Waals surface area (Å²) in [6, 6.07) is 9.99. The van der Waals surface area contributed by atoms with Gasteiger partial charge in [-0.05, 0) is 61.3 Å². The van der Waals surface area contributed by atoms with E-state index >= 15 is 0 Å². The molecule has 0 fully saturated rings. The largest absolute Gasteiger partial charge is 0.454 e. The first-order valence-electron chi connectivity index (χ1n) is 6.02. The maximum atomic E-state index is 13.7. The minimum atomic E-state index is -0.390. The van der Waals surface area contributed by atoms with E-state index in [0.717, 1.165) is 11.1 Å². The summed E-state index contributed by atoms with van der Waals surface area (Å²) in [5.74, 6) is 0.402. The molecule has 100 valence electrons. The molecule has 4 heteroatoms. The maximum absolute atomic E-state index is 13.7. The number of hydrogen-bond acceptors (Lipinski definition) is 2. The Bertz CT molecular complexity index is 586. The molecule has 2 aromatic rings. The summed E-state index contributed by atoms with van der Waals surface area (Å²) >= 11 is 5.94. The Morgan fingerprint density at radius 1 is 1.16 bits per heavy atom. The second-order valence-corrected chi connectivity index (χ2v) is 4.76. The Morgan fingerprint density at radius 3 is 2.68 bits per heavy atom. The number of aryl methyl sites for hydroxylation is 1. The van der Waals surface area contributed by atoms with Gasteiger partial charge in [-0.3, -0.25) is 0 Å². The fourth-order valence-electron chi connectivity index (χ4n) is 1.81. The van der Waals surface area contributed by atoms with Gasteiger partial charge >= 0.3 is 0 Å². The first kappa shape index (κ1) is 13.8. The Hall–Kier alpha value is -1.58. The maximum Gasteiger partial charge on any atom is 0.165 e. The quantitative estimate of drug-likeness (QED) is 0.915. The third-order valence-corrected chi connectivity index (χ3v) is 2.98. The van der Waals surface area contributed by atoms with E-state index < -0.39 is 0 Å². The average molecular weight is 280 g/mol. The summed E-state index contributed by atoms with van der Waals surface area (Å²) in [6.45, 7) is 2.36. The molecule has 0 aliphatic rings. The van der Waals surface area contributed by atoms with Crippen molar-refractivity contribution in [1.82, 2.24) is 0 Å². The lowest BCUT2D eigenvalue weighted by Crippen LogP contribution is -2.04. The van der Waals surface area contributed by atoms with Crippen molar-refractivity contribution in [2.24, 2.45) is 5.73 Å². The van der Waals surface area contributed by atoms with Crippen LogP contribution in [0.3, 0.4) is 0 Å². The zero-order chi connectivity index (χ0) is 13.8. The van der Waals surface area contributed by atoms with Crippen LogP contribution in [0.2, 0.25) is 5.02 Å². The highest BCUT2D eigenvalue weighted by molar-refractivity contribution is 6.30. The lowest BCUT2D eigenvalue weighted by molar-refractivity contribution is 0.437. The lowest BCUT2D eigenvalue weighted by Gasteiger charge is -2.12. The van der Waals surface area contributed by atoms with Gasteiger partial charge in [0.05, 0.1) is 0 Å². The SMILES string of the molecule is Cc1ccc(F)c(Oc2ccc(Cl)cc2CCN)c1. The average Bonchev–Trinajstić information content (AvgIpc) is 2.37. The second kappa shape index (κ2) is 6.04. The van der Waals surface area contributed by atoms with Gasteiger partial charge in [0.25, 0.3) is 0 Å². The van der Waals surface area contributed by atoms with E-state index in [1.54, 1.807) is 30.3 Å². The molecule has 0 heterocycles. The van der Waals surface area contributed by atoms with Crippen molar-refractivity contribution in [2.45, 2.75) is 13.3 Å². The van der Waals surface area contributed by atoms with E-state index in [0.29, 0.717) is 23.7 Å². The molecule has 0 spiro atoms. The number of benzene rings is 2. The fraction of sp³-hybridized carbons (Fsp3) is 0.200. The van der Waals surface area contributed by atoms with E-state index in [1.165, 1.54) is 6.07 Å². The fourth-order valence-corrected chi connectivity index (χ4v) is 2.00. The standard InChI is InChI=1S/C15H15ClFNO/c1-10-2-4-13(17)15(8-10)19-14-5-3-12(16)9-11(14)6-7-18/h2-5,8-9H,6-7,18H2,1H3. The third-order valence-electron chi connectivity index (χ3n) is 2.74. The first-order valence-corrected chi connectivity index (χ1v) is 6.40. The molecule has 0 amide bonds. The van der Waals surface area contributed by atoms with E-state index in [1.807, 2.05) is 6.92 Å². The van der Waals surface area contributed by atoms with Crippen LogP contribution in [0.4, 0.5) is 4.39 Å². The number of ether oxygens (including phenoxy) is 1. The van der Waals surface area contributed by atoms with Crippen molar-refractivity contribution >= 4 is 11.6 Å². The summed E-state index contributed by atoms with van der Waals surface area (Å²) in [5.41, 5.74) is 7.36. The highest BCUT2D eigenvalue weighted by Gasteiger charge is 2.09. The van der Waals surface area contributed by atoms with Gasteiger partial charge in [-0.15, -0.1) is 0 Å². The molecule has 0 saturated heterocycles. The van der Waals surface area contributed by atoms with Crippen LogP contribution in [0.15, 0.2) is 36.4 Å². The number of hydrogen-bond donors (Lipinski definition) is 1. The van der Waals surface area contributed by atoms with Gasteiger partial charge in [0.15, 0.2) is 11.6 Å². The molecule has 2 aromatic carbocycles. The van der Waals surface area contributed by atoms with E-state index in [-0.39, 0.29) is 11.6 Å². The molecule has 2 N–H and O–H groups in total. The van der Waals surface area contributed by atoms with E-state index in [9.17, 15) is 4.39 Å². The van der Waals surface area contributed by atoms with Crippen molar-refractivity contribution in [2.75, 3.05) is 6.54 Å². The van der Waals surface area contributed by atoms with E-state index in [4.69, 9.17) is 22.1 Å². The second-order valence-electron chi connectivity index (χ2n) is 4.33. The molecule has 0 aliphatic carbocycles. The van der Waals surface area contributed by atoms with Crippen molar-refractivity contribution < 1.29 is 9.13 Å². The highest BCUT2D eigenvalue weighted by atomic mass is 35.5. The van der Waals surface area contributed by atoms with Crippen molar-refractivity contribution in [3.63, 3.8) is 0 Å². The zero-order valence-electron chi connectivity index (χ0n) is 10.6. The molecule has 0 bridgehead atoms. The van der Waals surface area contributed by atoms with Crippen molar-refractivity contribution in [3.8, 4) is 11.5 Å². The lowest BCUT2D eigenvalue weighted by atomic mass is 10.1. The van der Waals surface area contributed by atoms with Crippen LogP contribution < -0.4 is 10.5 Å². The van der Waals surface area contributed by atoms with Gasteiger partial charge in [-0.25, -0.2) is 4.39 Å². The summed E-state index contributed by atoms with van der Waals surface area (Å²) in [7, 11) is 0. The predicted molar refractivity (Wildman–Crippen MR) is 75.4 cm³/mol. The summed E-state index contributed by atoms with van der Waals surface area (Å²) < 4.78 is 19.3. The minimum absolute atomic E-state index is 0.209. The molecule has 0 radical (unpaired) electrons. The number of nitrogens with two attached hydrogens (primary N) is 1. The number of halogens is 2. The highest BCUT2D eigenvalue weighted by Crippen LogP contribution is 2.30. The minimum Gasteiger partial charge on any atom is -0.454 e. The Balaban J connectivity index is 2.34. The van der Waals surface area contributed by atoms with Gasteiger partial charge in [0.1, 0.15) is 5.75 Å². The first-order chi connectivity index (χ1) is 9.10. The van der Waals surface area contributed by atoms with Crippen LogP contribution in [0.5, 0.6) is 11.5 Å². The Morgan fingerprint density at radius 2 is 1.95 bits per heavy atom. The van der Waals surface area contributed by atoms with Crippen LogP contribution in [0.25, 0.3) is 0 Å². The smallest absolute Gasteiger partial charge is 0.165 e. The van der Waals surface area contributed by atoms with Gasteiger partial charge in [-0.2, -0.15) is 0 Å². The molecule has 0 atom stereocenters. The van der Waals surface area contributed by atoms with Crippen LogP contribution in [-0.4, -0.2) is 6.54 Å². The molecular formula is C15H15ClFNO. The van der Waals surface area contributed by atoms with Crippen molar-refractivity contribution in [3.05, 3.63) is 58.4 Å². The normalized spacial score (nSPS) is 10.5.